The number of amides is 1. The van der Waals surface area contributed by atoms with Gasteiger partial charge < -0.3 is 10.1 Å². The molecule has 0 saturated carbocycles. The summed E-state index contributed by atoms with van der Waals surface area (Å²) < 4.78 is 7.70. The van der Waals surface area contributed by atoms with Crippen LogP contribution in [-0.4, -0.2) is 15.7 Å². The molecule has 146 valence electrons. The van der Waals surface area contributed by atoms with E-state index in [-0.39, 0.29) is 11.9 Å². The molecule has 0 aliphatic carbocycles. The lowest BCUT2D eigenvalue weighted by Crippen LogP contribution is -2.27. The molecule has 0 aliphatic heterocycles. The van der Waals surface area contributed by atoms with E-state index in [0.717, 1.165) is 28.1 Å². The van der Waals surface area contributed by atoms with Gasteiger partial charge in [-0.05, 0) is 57.0 Å². The molecule has 0 radical (unpaired) electrons. The molecule has 0 aliphatic rings. The van der Waals surface area contributed by atoms with Gasteiger partial charge in [-0.1, -0.05) is 29.8 Å². The Bertz CT molecular complexity index is 991. The number of rotatable bonds is 6. The van der Waals surface area contributed by atoms with Gasteiger partial charge in [0.05, 0.1) is 11.7 Å². The first-order chi connectivity index (χ1) is 13.3. The van der Waals surface area contributed by atoms with Crippen LogP contribution in [0.1, 0.15) is 51.3 Å². The monoisotopic (exact) mass is 377 g/mol. The van der Waals surface area contributed by atoms with Crippen LogP contribution < -0.4 is 10.1 Å². The van der Waals surface area contributed by atoms with E-state index in [1.165, 1.54) is 5.56 Å². The van der Waals surface area contributed by atoms with E-state index >= 15 is 0 Å². The van der Waals surface area contributed by atoms with Crippen LogP contribution in [0.15, 0.2) is 48.7 Å². The third-order valence-electron chi connectivity index (χ3n) is 4.78. The predicted molar refractivity (Wildman–Crippen MR) is 111 cm³/mol. The number of hydrogen-bond donors (Lipinski definition) is 1. The molecule has 2 aromatic carbocycles. The van der Waals surface area contributed by atoms with Gasteiger partial charge >= 0.3 is 0 Å². The highest BCUT2D eigenvalue weighted by molar-refractivity contribution is 5.94. The predicted octanol–water partition coefficient (Wildman–Crippen LogP) is 4.42. The van der Waals surface area contributed by atoms with Gasteiger partial charge in [-0.15, -0.1) is 0 Å². The van der Waals surface area contributed by atoms with E-state index in [4.69, 9.17) is 4.74 Å². The average molecular weight is 377 g/mol. The van der Waals surface area contributed by atoms with Crippen LogP contribution in [0.3, 0.4) is 0 Å². The van der Waals surface area contributed by atoms with Crippen molar-refractivity contribution in [3.05, 3.63) is 82.2 Å². The Morgan fingerprint density at radius 2 is 1.96 bits per heavy atom. The van der Waals surface area contributed by atoms with E-state index in [2.05, 4.69) is 23.4 Å². The number of nitrogens with one attached hydrogen (secondary N) is 1. The molecule has 1 N–H and O–H groups in total. The fourth-order valence-corrected chi connectivity index (χ4v) is 3.33. The molecule has 1 heterocycles. The Kier molecular flexibility index (Phi) is 5.83. The van der Waals surface area contributed by atoms with Crippen LogP contribution >= 0.6 is 0 Å². The zero-order valence-corrected chi connectivity index (χ0v) is 17.1. The lowest BCUT2D eigenvalue weighted by molar-refractivity contribution is 0.0939. The van der Waals surface area contributed by atoms with E-state index < -0.39 is 0 Å². The van der Waals surface area contributed by atoms with Gasteiger partial charge in [-0.2, -0.15) is 5.10 Å². The second-order valence-corrected chi connectivity index (χ2v) is 7.30. The molecule has 1 unspecified atom stereocenters. The van der Waals surface area contributed by atoms with Gasteiger partial charge in [-0.3, -0.25) is 9.48 Å². The van der Waals surface area contributed by atoms with Gasteiger partial charge in [0.1, 0.15) is 12.4 Å². The normalized spacial score (nSPS) is 11.9. The van der Waals surface area contributed by atoms with Gasteiger partial charge in [0.25, 0.3) is 5.91 Å². The third kappa shape index (κ3) is 4.60. The summed E-state index contributed by atoms with van der Waals surface area (Å²) in [6.07, 6.45) is 1.94. The van der Waals surface area contributed by atoms with Gasteiger partial charge in [0.2, 0.25) is 0 Å². The number of aromatic nitrogens is 2. The maximum Gasteiger partial charge on any atom is 0.251 e. The molecule has 0 spiro atoms. The summed E-state index contributed by atoms with van der Waals surface area (Å²) in [7, 11) is 1.88. The minimum atomic E-state index is -0.115. The SMILES string of the molecule is Cc1ccc(OCc2cccc(C(=O)NC(C)c3cn(C)nc3C)c2)c(C)c1. The van der Waals surface area contributed by atoms with Crippen LogP contribution in [0.2, 0.25) is 0 Å². The number of carbonyl (C=O) groups excluding carboxylic acids is 1. The minimum absolute atomic E-state index is 0.107. The Hall–Kier alpha value is -3.08. The molecule has 1 aromatic heterocycles. The standard InChI is InChI=1S/C23H27N3O2/c1-15-9-10-22(16(2)11-15)28-14-19-7-6-8-20(12-19)23(27)24-17(3)21-13-26(5)25-18(21)4/h6-13,17H,14H2,1-5H3,(H,24,27). The van der Waals surface area contributed by atoms with Crippen LogP contribution in [0.5, 0.6) is 5.75 Å². The quantitative estimate of drug-likeness (QED) is 0.692. The number of benzene rings is 2. The molecule has 0 saturated heterocycles. The van der Waals surface area contributed by atoms with E-state index in [1.807, 2.05) is 70.4 Å². The summed E-state index contributed by atoms with van der Waals surface area (Å²) in [4.78, 5) is 12.7. The first-order valence-corrected chi connectivity index (χ1v) is 9.43. The molecule has 5 heteroatoms. The molecule has 1 amide bonds. The highest BCUT2D eigenvalue weighted by Crippen LogP contribution is 2.21. The Morgan fingerprint density at radius 3 is 2.64 bits per heavy atom. The molecule has 3 aromatic rings. The Balaban J connectivity index is 1.66. The molecular formula is C23H27N3O2. The fourth-order valence-electron chi connectivity index (χ4n) is 3.33. The number of hydrogen-bond acceptors (Lipinski definition) is 3. The van der Waals surface area contributed by atoms with E-state index in [0.29, 0.717) is 12.2 Å². The second-order valence-electron chi connectivity index (χ2n) is 7.30. The maximum atomic E-state index is 12.7. The summed E-state index contributed by atoms with van der Waals surface area (Å²) >= 11 is 0. The first-order valence-electron chi connectivity index (χ1n) is 9.43. The molecule has 0 bridgehead atoms. The number of carbonyl (C=O) groups is 1. The maximum absolute atomic E-state index is 12.7. The molecule has 0 fully saturated rings. The van der Waals surface area contributed by atoms with Crippen LogP contribution in [0, 0.1) is 20.8 Å². The molecule has 5 nitrogen and oxygen atoms in total. The van der Waals surface area contributed by atoms with E-state index in [9.17, 15) is 4.79 Å². The molecular weight excluding hydrogens is 350 g/mol. The average Bonchev–Trinajstić information content (AvgIpc) is 2.99. The highest BCUT2D eigenvalue weighted by Gasteiger charge is 2.15. The largest absolute Gasteiger partial charge is 0.489 e. The van der Waals surface area contributed by atoms with Crippen molar-refractivity contribution < 1.29 is 9.53 Å². The number of aryl methyl sites for hydroxylation is 4. The second kappa shape index (κ2) is 8.30. The summed E-state index contributed by atoms with van der Waals surface area (Å²) in [5.41, 5.74) is 5.83. The molecule has 1 atom stereocenters. The van der Waals surface area contributed by atoms with Crippen molar-refractivity contribution in [1.29, 1.82) is 0 Å². The number of ether oxygens (including phenoxy) is 1. The van der Waals surface area contributed by atoms with Crippen molar-refractivity contribution >= 4 is 5.91 Å². The van der Waals surface area contributed by atoms with Crippen molar-refractivity contribution in [2.75, 3.05) is 0 Å². The summed E-state index contributed by atoms with van der Waals surface area (Å²) in [6.45, 7) is 8.43. The molecule has 3 rings (SSSR count). The smallest absolute Gasteiger partial charge is 0.251 e. The first kappa shape index (κ1) is 19.7. The van der Waals surface area contributed by atoms with Crippen molar-refractivity contribution in [2.24, 2.45) is 7.05 Å². The van der Waals surface area contributed by atoms with Crippen LogP contribution in [0.25, 0.3) is 0 Å². The fraction of sp³-hybridized carbons (Fsp3) is 0.304. The molecule has 28 heavy (non-hydrogen) atoms. The van der Waals surface area contributed by atoms with Crippen LogP contribution in [0.4, 0.5) is 0 Å². The minimum Gasteiger partial charge on any atom is -0.489 e. The highest BCUT2D eigenvalue weighted by atomic mass is 16.5. The third-order valence-corrected chi connectivity index (χ3v) is 4.78. The van der Waals surface area contributed by atoms with Crippen molar-refractivity contribution in [2.45, 2.75) is 40.3 Å². The Labute approximate surface area is 166 Å². The summed E-state index contributed by atoms with van der Waals surface area (Å²) in [5, 5.41) is 7.39. The lowest BCUT2D eigenvalue weighted by atomic mass is 10.1. The van der Waals surface area contributed by atoms with Gasteiger partial charge in [0, 0.05) is 24.4 Å². The van der Waals surface area contributed by atoms with Gasteiger partial charge in [-0.25, -0.2) is 0 Å². The van der Waals surface area contributed by atoms with E-state index in [1.54, 1.807) is 4.68 Å². The number of nitrogens with zero attached hydrogens (tertiary/aromatic N) is 2. The zero-order valence-electron chi connectivity index (χ0n) is 17.1. The van der Waals surface area contributed by atoms with Gasteiger partial charge in [0.15, 0.2) is 0 Å². The van der Waals surface area contributed by atoms with Crippen molar-refractivity contribution in [3.8, 4) is 5.75 Å². The van der Waals surface area contributed by atoms with Crippen molar-refractivity contribution in [3.63, 3.8) is 0 Å². The summed E-state index contributed by atoms with van der Waals surface area (Å²) in [5.74, 6) is 0.755. The lowest BCUT2D eigenvalue weighted by Gasteiger charge is -2.14. The van der Waals surface area contributed by atoms with Crippen molar-refractivity contribution in [1.82, 2.24) is 15.1 Å². The topological polar surface area (TPSA) is 56.1 Å². The zero-order chi connectivity index (χ0) is 20.3. The van der Waals surface area contributed by atoms with Crippen LogP contribution in [-0.2, 0) is 13.7 Å². The Morgan fingerprint density at radius 1 is 1.18 bits per heavy atom. The summed E-state index contributed by atoms with van der Waals surface area (Å²) in [6, 6.07) is 13.6.